The van der Waals surface area contributed by atoms with E-state index in [4.69, 9.17) is 4.74 Å². The molecule has 1 unspecified atom stereocenters. The molecule has 0 bridgehead atoms. The van der Waals surface area contributed by atoms with Gasteiger partial charge in [-0.15, -0.1) is 0 Å². The average molecular weight is 300 g/mol. The molecule has 0 aliphatic carbocycles. The molecule has 1 rings (SSSR count). The summed E-state index contributed by atoms with van der Waals surface area (Å²) in [6.45, 7) is 8.14. The van der Waals surface area contributed by atoms with E-state index >= 15 is 0 Å². The fourth-order valence-electron chi connectivity index (χ4n) is 1.70. The summed E-state index contributed by atoms with van der Waals surface area (Å²) in [5, 5.41) is 3.54. The summed E-state index contributed by atoms with van der Waals surface area (Å²) < 4.78 is 6.40. The zero-order valence-electron chi connectivity index (χ0n) is 11.1. The van der Waals surface area contributed by atoms with Crippen molar-refractivity contribution in [2.24, 2.45) is 5.92 Å². The second kappa shape index (κ2) is 7.14. The summed E-state index contributed by atoms with van der Waals surface area (Å²) in [5.41, 5.74) is 2.57. The van der Waals surface area contributed by atoms with Crippen LogP contribution >= 0.6 is 15.9 Å². The minimum Gasteiger partial charge on any atom is -0.383 e. The number of hydrogen-bond acceptors (Lipinski definition) is 2. The van der Waals surface area contributed by atoms with Gasteiger partial charge in [-0.05, 0) is 30.0 Å². The van der Waals surface area contributed by atoms with E-state index in [1.165, 1.54) is 15.6 Å². The third-order valence-electron chi connectivity index (χ3n) is 2.91. The van der Waals surface area contributed by atoms with E-state index < -0.39 is 0 Å². The molecule has 17 heavy (non-hydrogen) atoms. The monoisotopic (exact) mass is 299 g/mol. The van der Waals surface area contributed by atoms with Gasteiger partial charge in [0.05, 0.1) is 6.61 Å². The van der Waals surface area contributed by atoms with Gasteiger partial charge in [-0.25, -0.2) is 0 Å². The van der Waals surface area contributed by atoms with Crippen molar-refractivity contribution in [2.45, 2.75) is 33.4 Å². The van der Waals surface area contributed by atoms with Gasteiger partial charge >= 0.3 is 0 Å². The van der Waals surface area contributed by atoms with Crippen LogP contribution in [0.25, 0.3) is 0 Å². The number of benzene rings is 1. The molecule has 0 spiro atoms. The van der Waals surface area contributed by atoms with Crippen molar-refractivity contribution >= 4 is 15.9 Å². The molecule has 0 saturated carbocycles. The summed E-state index contributed by atoms with van der Waals surface area (Å²) in [6, 6.07) is 6.85. The smallest absolute Gasteiger partial charge is 0.0618 e. The highest BCUT2D eigenvalue weighted by atomic mass is 79.9. The first kappa shape index (κ1) is 14.7. The van der Waals surface area contributed by atoms with Crippen molar-refractivity contribution in [1.82, 2.24) is 5.32 Å². The van der Waals surface area contributed by atoms with Crippen molar-refractivity contribution in [3.63, 3.8) is 0 Å². The van der Waals surface area contributed by atoms with Crippen LogP contribution < -0.4 is 5.32 Å². The Balaban J connectivity index is 2.59. The Morgan fingerprint density at radius 2 is 2.06 bits per heavy atom. The maximum atomic E-state index is 5.23. The first-order valence-electron chi connectivity index (χ1n) is 6.02. The van der Waals surface area contributed by atoms with Crippen LogP contribution in [-0.4, -0.2) is 19.8 Å². The number of nitrogens with one attached hydrogen (secondary N) is 1. The molecule has 0 radical (unpaired) electrons. The second-order valence-electron chi connectivity index (χ2n) is 4.78. The normalized spacial score (nSPS) is 13.1. The van der Waals surface area contributed by atoms with Crippen LogP contribution in [0.5, 0.6) is 0 Å². The van der Waals surface area contributed by atoms with Crippen LogP contribution in [0, 0.1) is 12.8 Å². The van der Waals surface area contributed by atoms with E-state index in [0.29, 0.717) is 12.0 Å². The molecule has 0 heterocycles. The van der Waals surface area contributed by atoms with E-state index in [9.17, 15) is 0 Å². The Hall–Kier alpha value is -0.380. The number of halogens is 1. The molecule has 0 aromatic heterocycles. The average Bonchev–Trinajstić information content (AvgIpc) is 2.25. The Labute approximate surface area is 113 Å². The van der Waals surface area contributed by atoms with Crippen LogP contribution in [0.4, 0.5) is 0 Å². The molecule has 3 heteroatoms. The van der Waals surface area contributed by atoms with Crippen molar-refractivity contribution in [3.05, 3.63) is 33.8 Å². The molecule has 0 saturated heterocycles. The summed E-state index contributed by atoms with van der Waals surface area (Å²) in [4.78, 5) is 0. The standard InChI is InChI=1S/C14H22BrNO/c1-10(2)14(9-17-4)16-8-12-6-5-11(3)7-13(12)15/h5-7,10,14,16H,8-9H2,1-4H3. The van der Waals surface area contributed by atoms with Gasteiger partial charge in [0.1, 0.15) is 0 Å². The third kappa shape index (κ3) is 4.78. The van der Waals surface area contributed by atoms with Crippen LogP contribution in [0.2, 0.25) is 0 Å². The molecule has 1 aromatic carbocycles. The van der Waals surface area contributed by atoms with E-state index in [-0.39, 0.29) is 0 Å². The van der Waals surface area contributed by atoms with E-state index in [2.05, 4.69) is 60.2 Å². The Kier molecular flexibility index (Phi) is 6.17. The van der Waals surface area contributed by atoms with Crippen LogP contribution in [0.3, 0.4) is 0 Å². The fraction of sp³-hybridized carbons (Fsp3) is 0.571. The molecular formula is C14H22BrNO. The topological polar surface area (TPSA) is 21.3 Å². The molecule has 0 aliphatic heterocycles. The molecule has 1 aromatic rings. The third-order valence-corrected chi connectivity index (χ3v) is 3.65. The van der Waals surface area contributed by atoms with Gasteiger partial charge in [-0.1, -0.05) is 41.9 Å². The highest BCUT2D eigenvalue weighted by Crippen LogP contribution is 2.18. The van der Waals surface area contributed by atoms with Gasteiger partial charge in [0.15, 0.2) is 0 Å². The van der Waals surface area contributed by atoms with Gasteiger partial charge < -0.3 is 10.1 Å². The molecule has 96 valence electrons. The summed E-state index contributed by atoms with van der Waals surface area (Å²) in [7, 11) is 1.75. The van der Waals surface area contributed by atoms with Crippen molar-refractivity contribution in [2.75, 3.05) is 13.7 Å². The lowest BCUT2D eigenvalue weighted by atomic mass is 10.0. The zero-order valence-corrected chi connectivity index (χ0v) is 12.7. The molecule has 1 atom stereocenters. The summed E-state index contributed by atoms with van der Waals surface area (Å²) >= 11 is 3.60. The maximum absolute atomic E-state index is 5.23. The van der Waals surface area contributed by atoms with Crippen molar-refractivity contribution in [3.8, 4) is 0 Å². The van der Waals surface area contributed by atoms with Crippen LogP contribution in [0.1, 0.15) is 25.0 Å². The predicted octanol–water partition coefficient (Wildman–Crippen LogP) is 3.52. The Bertz CT molecular complexity index is 352. The van der Waals surface area contributed by atoms with Crippen LogP contribution in [0.15, 0.2) is 22.7 Å². The van der Waals surface area contributed by atoms with Gasteiger partial charge in [0.25, 0.3) is 0 Å². The maximum Gasteiger partial charge on any atom is 0.0618 e. The molecule has 1 N–H and O–H groups in total. The lowest BCUT2D eigenvalue weighted by Crippen LogP contribution is -2.37. The zero-order chi connectivity index (χ0) is 12.8. The Morgan fingerprint density at radius 1 is 1.35 bits per heavy atom. The number of hydrogen-bond donors (Lipinski definition) is 1. The van der Waals surface area contributed by atoms with E-state index in [1.807, 2.05) is 0 Å². The van der Waals surface area contributed by atoms with Gasteiger partial charge in [-0.2, -0.15) is 0 Å². The van der Waals surface area contributed by atoms with Gasteiger partial charge in [0, 0.05) is 24.2 Å². The quantitative estimate of drug-likeness (QED) is 0.868. The van der Waals surface area contributed by atoms with Crippen LogP contribution in [-0.2, 0) is 11.3 Å². The predicted molar refractivity (Wildman–Crippen MR) is 76.2 cm³/mol. The lowest BCUT2D eigenvalue weighted by molar-refractivity contribution is 0.146. The summed E-state index contributed by atoms with van der Waals surface area (Å²) in [5.74, 6) is 0.569. The van der Waals surface area contributed by atoms with Crippen molar-refractivity contribution < 1.29 is 4.74 Å². The molecular weight excluding hydrogens is 278 g/mol. The minimum atomic E-state index is 0.396. The highest BCUT2D eigenvalue weighted by Gasteiger charge is 2.12. The number of rotatable bonds is 6. The first-order valence-corrected chi connectivity index (χ1v) is 6.81. The lowest BCUT2D eigenvalue weighted by Gasteiger charge is -2.22. The van der Waals surface area contributed by atoms with Gasteiger partial charge in [0.2, 0.25) is 0 Å². The first-order chi connectivity index (χ1) is 8.04. The molecule has 2 nitrogen and oxygen atoms in total. The Morgan fingerprint density at radius 3 is 2.59 bits per heavy atom. The molecule has 0 fully saturated rings. The fourth-order valence-corrected chi connectivity index (χ4v) is 2.34. The van der Waals surface area contributed by atoms with Crippen molar-refractivity contribution in [1.29, 1.82) is 0 Å². The SMILES string of the molecule is COCC(NCc1ccc(C)cc1Br)C(C)C. The summed E-state index contributed by atoms with van der Waals surface area (Å²) in [6.07, 6.45) is 0. The second-order valence-corrected chi connectivity index (χ2v) is 5.64. The highest BCUT2D eigenvalue weighted by molar-refractivity contribution is 9.10. The molecule has 0 amide bonds. The van der Waals surface area contributed by atoms with E-state index in [1.54, 1.807) is 7.11 Å². The van der Waals surface area contributed by atoms with Gasteiger partial charge in [-0.3, -0.25) is 0 Å². The largest absolute Gasteiger partial charge is 0.383 e. The molecule has 0 aliphatic rings. The minimum absolute atomic E-state index is 0.396. The number of aryl methyl sites for hydroxylation is 1. The number of methoxy groups -OCH3 is 1. The van der Waals surface area contributed by atoms with E-state index in [0.717, 1.165) is 13.2 Å². The number of ether oxygens (including phenoxy) is 1.